The van der Waals surface area contributed by atoms with Gasteiger partial charge in [0.05, 0.1) is 12.1 Å². The molecular weight excluding hydrogens is 159 g/mol. The average Bonchev–Trinajstić information content (AvgIpc) is 2.04. The Morgan fingerprint density at radius 2 is 2.33 bits per heavy atom. The fourth-order valence-corrected chi connectivity index (χ4v) is 0.907. The normalized spacial score (nSPS) is 15.7. The Hall–Kier alpha value is -1.00. The topological polar surface area (TPSA) is 59.1 Å². The van der Waals surface area contributed by atoms with E-state index in [0.717, 1.165) is 0 Å². The molecule has 3 N–H and O–H groups in total. The van der Waals surface area contributed by atoms with Gasteiger partial charge >= 0.3 is 0 Å². The van der Waals surface area contributed by atoms with Gasteiger partial charge in [-0.1, -0.05) is 6.07 Å². The van der Waals surface area contributed by atoms with Crippen molar-refractivity contribution in [1.29, 1.82) is 0 Å². The fraction of sp³-hybridized carbons (Fsp3) is 0.375. The highest BCUT2D eigenvalue weighted by Crippen LogP contribution is 2.15. The molecule has 0 saturated carbocycles. The summed E-state index contributed by atoms with van der Waals surface area (Å²) in [6, 6.07) is 2.39. The number of aliphatic hydroxyl groups is 1. The van der Waals surface area contributed by atoms with E-state index < -0.39 is 18.1 Å². The summed E-state index contributed by atoms with van der Waals surface area (Å²) < 4.78 is 12.9. The van der Waals surface area contributed by atoms with Gasteiger partial charge in [0, 0.05) is 11.8 Å². The molecule has 3 nitrogen and oxygen atoms in total. The molecule has 1 aromatic heterocycles. The van der Waals surface area contributed by atoms with Gasteiger partial charge in [0.25, 0.3) is 0 Å². The first-order valence-corrected chi connectivity index (χ1v) is 3.67. The minimum atomic E-state index is -0.774. The lowest BCUT2D eigenvalue weighted by Gasteiger charge is -2.14. The van der Waals surface area contributed by atoms with Crippen LogP contribution < -0.4 is 5.73 Å². The van der Waals surface area contributed by atoms with Crippen LogP contribution >= 0.6 is 0 Å². The first-order valence-electron chi connectivity index (χ1n) is 3.67. The molecular formula is C8H11FN2O. The van der Waals surface area contributed by atoms with Gasteiger partial charge in [-0.15, -0.1) is 0 Å². The van der Waals surface area contributed by atoms with E-state index in [4.69, 9.17) is 10.8 Å². The molecule has 0 aliphatic rings. The molecule has 0 radical (unpaired) electrons. The van der Waals surface area contributed by atoms with E-state index >= 15 is 0 Å². The Kier molecular flexibility index (Phi) is 2.73. The lowest BCUT2D eigenvalue weighted by atomic mass is 10.1. The lowest BCUT2D eigenvalue weighted by Crippen LogP contribution is -2.24. The number of nitrogens with two attached hydrogens (primary N) is 1. The number of halogens is 1. The summed E-state index contributed by atoms with van der Waals surface area (Å²) in [5.41, 5.74) is 5.75. The summed E-state index contributed by atoms with van der Waals surface area (Å²) in [4.78, 5) is 3.42. The van der Waals surface area contributed by atoms with Crippen molar-refractivity contribution >= 4 is 0 Å². The number of aromatic nitrogens is 1. The van der Waals surface area contributed by atoms with Crippen LogP contribution in [0, 0.1) is 5.95 Å². The van der Waals surface area contributed by atoms with Gasteiger partial charge in [-0.2, -0.15) is 4.39 Å². The van der Waals surface area contributed by atoms with Crippen LogP contribution in [0.15, 0.2) is 18.3 Å². The zero-order chi connectivity index (χ0) is 9.14. The van der Waals surface area contributed by atoms with Crippen molar-refractivity contribution in [3.63, 3.8) is 0 Å². The van der Waals surface area contributed by atoms with E-state index in [9.17, 15) is 4.39 Å². The molecule has 0 spiro atoms. The lowest BCUT2D eigenvalue weighted by molar-refractivity contribution is 0.162. The molecule has 1 rings (SSSR count). The van der Waals surface area contributed by atoms with Gasteiger partial charge in [-0.05, 0) is 13.0 Å². The third kappa shape index (κ3) is 1.78. The predicted octanol–water partition coefficient (Wildman–Crippen LogP) is 0.601. The second-order valence-electron chi connectivity index (χ2n) is 2.65. The molecule has 12 heavy (non-hydrogen) atoms. The van der Waals surface area contributed by atoms with Crippen LogP contribution in [0.4, 0.5) is 4.39 Å². The Morgan fingerprint density at radius 1 is 1.67 bits per heavy atom. The van der Waals surface area contributed by atoms with Crippen molar-refractivity contribution in [2.45, 2.75) is 19.1 Å². The monoisotopic (exact) mass is 170 g/mol. The highest BCUT2D eigenvalue weighted by atomic mass is 19.1. The van der Waals surface area contributed by atoms with Gasteiger partial charge in [0.1, 0.15) is 0 Å². The number of aliphatic hydroxyl groups excluding tert-OH is 1. The van der Waals surface area contributed by atoms with Crippen molar-refractivity contribution < 1.29 is 9.50 Å². The van der Waals surface area contributed by atoms with E-state index in [2.05, 4.69) is 4.98 Å². The first-order chi connectivity index (χ1) is 5.63. The third-order valence-electron chi connectivity index (χ3n) is 1.67. The molecule has 1 aromatic rings. The van der Waals surface area contributed by atoms with E-state index in [1.807, 2.05) is 0 Å². The van der Waals surface area contributed by atoms with Gasteiger partial charge in [0.15, 0.2) is 0 Å². The molecule has 2 atom stereocenters. The number of rotatable bonds is 2. The van der Waals surface area contributed by atoms with Crippen molar-refractivity contribution in [2.24, 2.45) is 5.73 Å². The van der Waals surface area contributed by atoms with E-state index in [0.29, 0.717) is 0 Å². The van der Waals surface area contributed by atoms with Crippen LogP contribution in [0.25, 0.3) is 0 Å². The van der Waals surface area contributed by atoms with Gasteiger partial charge in [-0.3, -0.25) is 0 Å². The zero-order valence-electron chi connectivity index (χ0n) is 6.74. The van der Waals surface area contributed by atoms with Crippen molar-refractivity contribution in [1.82, 2.24) is 4.98 Å². The molecule has 0 amide bonds. The average molecular weight is 170 g/mol. The second-order valence-corrected chi connectivity index (χ2v) is 2.65. The molecule has 66 valence electrons. The zero-order valence-corrected chi connectivity index (χ0v) is 6.74. The number of nitrogens with zero attached hydrogens (tertiary/aromatic N) is 1. The summed E-state index contributed by atoms with van der Waals surface area (Å²) in [6.07, 6.45) is 0.567. The van der Waals surface area contributed by atoms with E-state index in [1.54, 1.807) is 6.07 Å². The van der Waals surface area contributed by atoms with Crippen molar-refractivity contribution in [3.05, 3.63) is 29.8 Å². The van der Waals surface area contributed by atoms with Crippen LogP contribution in [0.2, 0.25) is 0 Å². The van der Waals surface area contributed by atoms with E-state index in [1.165, 1.54) is 19.2 Å². The third-order valence-corrected chi connectivity index (χ3v) is 1.67. The fourth-order valence-electron chi connectivity index (χ4n) is 0.907. The Morgan fingerprint density at radius 3 is 2.83 bits per heavy atom. The molecule has 0 aromatic carbocycles. The second kappa shape index (κ2) is 3.60. The predicted molar refractivity (Wildman–Crippen MR) is 42.8 cm³/mol. The van der Waals surface area contributed by atoms with Gasteiger partial charge in [-0.25, -0.2) is 4.98 Å². The minimum absolute atomic E-state index is 0.243. The van der Waals surface area contributed by atoms with Gasteiger partial charge in [0.2, 0.25) is 5.95 Å². The molecule has 1 unspecified atom stereocenters. The molecule has 0 saturated heterocycles. The summed E-state index contributed by atoms with van der Waals surface area (Å²) in [5, 5.41) is 9.08. The number of hydrogen-bond acceptors (Lipinski definition) is 3. The van der Waals surface area contributed by atoms with Crippen LogP contribution in [0.3, 0.4) is 0 Å². The SMILES string of the molecule is CC(O)[C@@H](N)c1cccnc1F. The van der Waals surface area contributed by atoms with Crippen LogP contribution in [0.1, 0.15) is 18.5 Å². The summed E-state index contributed by atoms with van der Waals surface area (Å²) >= 11 is 0. The quantitative estimate of drug-likeness (QED) is 0.639. The molecule has 0 fully saturated rings. The molecule has 4 heteroatoms. The van der Waals surface area contributed by atoms with Crippen molar-refractivity contribution in [2.75, 3.05) is 0 Å². The minimum Gasteiger partial charge on any atom is -0.391 e. The highest BCUT2D eigenvalue weighted by Gasteiger charge is 2.15. The first kappa shape index (κ1) is 9.09. The van der Waals surface area contributed by atoms with Crippen LogP contribution in [-0.4, -0.2) is 16.2 Å². The molecule has 0 aliphatic carbocycles. The highest BCUT2D eigenvalue weighted by molar-refractivity contribution is 5.16. The molecule has 0 aliphatic heterocycles. The molecule has 0 bridgehead atoms. The summed E-state index contributed by atoms with van der Waals surface area (Å²) in [6.45, 7) is 1.51. The Labute approximate surface area is 70.0 Å². The maximum Gasteiger partial charge on any atom is 0.217 e. The van der Waals surface area contributed by atoms with Gasteiger partial charge < -0.3 is 10.8 Å². The van der Waals surface area contributed by atoms with E-state index in [-0.39, 0.29) is 5.56 Å². The summed E-state index contributed by atoms with van der Waals surface area (Å²) in [5.74, 6) is -0.620. The maximum atomic E-state index is 12.9. The number of pyridine rings is 1. The Bertz CT molecular complexity index is 265. The smallest absolute Gasteiger partial charge is 0.217 e. The van der Waals surface area contributed by atoms with Crippen molar-refractivity contribution in [3.8, 4) is 0 Å². The Balaban J connectivity index is 2.94. The number of hydrogen-bond donors (Lipinski definition) is 2. The van der Waals surface area contributed by atoms with Crippen LogP contribution in [0.5, 0.6) is 0 Å². The maximum absolute atomic E-state index is 12.9. The summed E-state index contributed by atoms with van der Waals surface area (Å²) in [7, 11) is 0. The standard InChI is InChI=1S/C8H11FN2O/c1-5(12)7(10)6-3-2-4-11-8(6)9/h2-5,7,12H,10H2,1H3/t5?,7-/m1/s1. The largest absolute Gasteiger partial charge is 0.391 e. The molecule has 1 heterocycles. The van der Waals surface area contributed by atoms with Crippen LogP contribution in [-0.2, 0) is 0 Å².